The van der Waals surface area contributed by atoms with E-state index in [1.165, 1.54) is 50.4 Å². The molecule has 0 saturated heterocycles. The van der Waals surface area contributed by atoms with Crippen molar-refractivity contribution in [2.75, 3.05) is 32.8 Å². The summed E-state index contributed by atoms with van der Waals surface area (Å²) < 4.78 is 11.4. The van der Waals surface area contributed by atoms with Gasteiger partial charge in [0.2, 0.25) is 5.78 Å². The third-order valence-corrected chi connectivity index (χ3v) is 9.40. The van der Waals surface area contributed by atoms with Crippen molar-refractivity contribution in [3.63, 3.8) is 0 Å². The number of carboxylic acid groups (broad SMARTS) is 1. The van der Waals surface area contributed by atoms with Crippen LogP contribution in [0.15, 0.2) is 35.1 Å². The monoisotopic (exact) mass is 644 g/mol. The molecule has 0 bridgehead atoms. The van der Waals surface area contributed by atoms with Crippen LogP contribution in [0.4, 0.5) is 0 Å². The van der Waals surface area contributed by atoms with Gasteiger partial charge >= 0.3 is 35.5 Å². The number of benzene rings is 1. The van der Waals surface area contributed by atoms with Crippen molar-refractivity contribution in [2.24, 2.45) is 11.8 Å². The van der Waals surface area contributed by atoms with Gasteiger partial charge in [0.1, 0.15) is 28.9 Å². The molecule has 1 aromatic rings. The number of rotatable bonds is 9. The van der Waals surface area contributed by atoms with Gasteiger partial charge in [-0.25, -0.2) is 0 Å². The molecule has 4 rings (SSSR count). The number of carboxylic acids is 1. The first-order valence-electron chi connectivity index (χ1n) is 13.4. The summed E-state index contributed by atoms with van der Waals surface area (Å²) in [5.41, 5.74) is -6.24. The molecule has 1 amide bonds. The third-order valence-electron chi connectivity index (χ3n) is 8.59. The fourth-order valence-corrected chi connectivity index (χ4v) is 6.99. The second-order valence-corrected chi connectivity index (χ2v) is 13.0. The Kier molecular flexibility index (Phi) is 10.6. The minimum absolute atomic E-state index is 0. The van der Waals surface area contributed by atoms with Crippen LogP contribution in [0.1, 0.15) is 30.9 Å². The number of nitrogens with zero attached hydrogens (tertiary/aromatic N) is 1. The molecule has 3 aliphatic rings. The van der Waals surface area contributed by atoms with Gasteiger partial charge in [-0.2, -0.15) is 0 Å². The van der Waals surface area contributed by atoms with E-state index in [2.05, 4.69) is 10.6 Å². The van der Waals surface area contributed by atoms with E-state index in [1.54, 1.807) is 0 Å². The molecule has 1 aromatic carbocycles. The maximum atomic E-state index is 14.1. The predicted molar refractivity (Wildman–Crippen MR) is 152 cm³/mol. The van der Waals surface area contributed by atoms with Gasteiger partial charge in [0.25, 0.3) is 5.91 Å². The van der Waals surface area contributed by atoms with E-state index in [0.29, 0.717) is 0 Å². The molecule has 1 fully saturated rings. The van der Waals surface area contributed by atoms with Crippen molar-refractivity contribution in [3.05, 3.63) is 46.2 Å². The molecule has 1 saturated carbocycles. The van der Waals surface area contributed by atoms with Gasteiger partial charge < -0.3 is 36.0 Å². The fourth-order valence-electron chi connectivity index (χ4n) is 6.42. The fraction of sp³-hybridized carbons (Fsp3) is 0.500. The van der Waals surface area contributed by atoms with Crippen LogP contribution in [0.2, 0.25) is 0 Å². The van der Waals surface area contributed by atoms with Crippen LogP contribution in [0.3, 0.4) is 0 Å². The molecule has 14 nitrogen and oxygen atoms in total. The number of hydrogen-bond donors (Lipinski definition) is 8. The number of fused-ring (bicyclic) bond motifs is 3. The van der Waals surface area contributed by atoms with Crippen molar-refractivity contribution in [2.45, 2.75) is 43.1 Å². The predicted octanol–water partition coefficient (Wildman–Crippen LogP) is -3.97. The zero-order valence-electron chi connectivity index (χ0n) is 24.9. The van der Waals surface area contributed by atoms with Crippen molar-refractivity contribution in [1.82, 2.24) is 15.5 Å². The van der Waals surface area contributed by atoms with Gasteiger partial charge in [-0.15, -0.1) is 0 Å². The number of amides is 1. The molecule has 8 N–H and O–H groups in total. The molecule has 234 valence electrons. The second-order valence-electron chi connectivity index (χ2n) is 11.4. The molecule has 7 unspecified atom stereocenters. The largest absolute Gasteiger partial charge is 1.00 e. The molecule has 0 heterocycles. The number of aliphatic carboxylic acids is 1. The summed E-state index contributed by atoms with van der Waals surface area (Å²) in [6.45, 7) is 0.880. The number of aliphatic hydroxyl groups is 4. The molecule has 0 spiro atoms. The summed E-state index contributed by atoms with van der Waals surface area (Å²) in [6, 6.07) is 1.62. The third kappa shape index (κ3) is 5.75. The molecule has 16 heteroatoms. The first kappa shape index (κ1) is 35.8. The SMILES string of the molecule is CN(C)C1C(=O)C(C(=O)NCNC(CCS(C)=O)C(=O)O)=C(O)C2(O)C(=O)C3=C(O)c4c(O)cccc4C(C)(O)C3CC12.[Na+]. The Labute approximate surface area is 277 Å². The number of carbonyl (C=O) groups is 4. The summed E-state index contributed by atoms with van der Waals surface area (Å²) >= 11 is 0. The molecule has 7 atom stereocenters. The van der Waals surface area contributed by atoms with Gasteiger partial charge in [-0.05, 0) is 45.5 Å². The number of aliphatic hydroxyl groups excluding tert-OH is 2. The zero-order valence-corrected chi connectivity index (χ0v) is 27.8. The Morgan fingerprint density at radius 3 is 2.36 bits per heavy atom. The summed E-state index contributed by atoms with van der Waals surface area (Å²) in [6.07, 6.45) is 1.10. The van der Waals surface area contributed by atoms with Gasteiger partial charge in [0.15, 0.2) is 11.4 Å². The van der Waals surface area contributed by atoms with Gasteiger partial charge in [-0.3, -0.25) is 33.6 Å². The van der Waals surface area contributed by atoms with Crippen LogP contribution in [-0.4, -0.2) is 114 Å². The number of Topliss-reactive ketones (excluding diaryl/α,β-unsaturated/α-hetero) is 2. The second kappa shape index (κ2) is 13.0. The van der Waals surface area contributed by atoms with Crippen molar-refractivity contribution < 1.29 is 83.6 Å². The smallest absolute Gasteiger partial charge is 0.508 e. The standard InChI is InChI=1S/C28H35N3O11S.Na/c1-27(40)12-6-5-7-16(32)17(12)21(33)18-13(27)10-14-20(31(2)3)22(34)19(24(36)28(14,41)23(18)35)25(37)30-11-29-15(26(38)39)8-9-43(4)42;/h5-7,13-15,20,29,32-33,36,40-41H,8-11H2,1-4H3,(H,30,37)(H,38,39);/q;+1. The zero-order chi connectivity index (χ0) is 32.2. The van der Waals surface area contributed by atoms with E-state index < -0.39 is 104 Å². The number of carbonyl (C=O) groups excluding carboxylic acids is 3. The Bertz CT molecular complexity index is 1490. The number of phenolic OH excluding ortho intramolecular Hbond substituents is 1. The van der Waals surface area contributed by atoms with E-state index in [-0.39, 0.29) is 59.3 Å². The molecule has 3 aliphatic carbocycles. The van der Waals surface area contributed by atoms with Crippen LogP contribution < -0.4 is 40.2 Å². The topological polar surface area (TPSA) is 234 Å². The van der Waals surface area contributed by atoms with Crippen LogP contribution in [0.5, 0.6) is 5.75 Å². The van der Waals surface area contributed by atoms with E-state index in [4.69, 9.17) is 0 Å². The van der Waals surface area contributed by atoms with Gasteiger partial charge in [-0.1, -0.05) is 12.1 Å². The number of aromatic hydroxyl groups is 1. The minimum Gasteiger partial charge on any atom is -0.508 e. The molecule has 0 aromatic heterocycles. The van der Waals surface area contributed by atoms with Gasteiger partial charge in [0, 0.05) is 40.2 Å². The quantitative estimate of drug-likeness (QED) is 0.0729. The Hall–Kier alpha value is -2.63. The van der Waals surface area contributed by atoms with E-state index in [9.17, 15) is 54.0 Å². The number of phenols is 1. The molecule has 0 aliphatic heterocycles. The maximum absolute atomic E-state index is 14.1. The van der Waals surface area contributed by atoms with Crippen LogP contribution in [-0.2, 0) is 35.6 Å². The molecule has 0 radical (unpaired) electrons. The average molecular weight is 645 g/mol. The molecular formula is C28H35N3NaO11S+. The summed E-state index contributed by atoms with van der Waals surface area (Å²) in [5, 5.41) is 70.6. The Morgan fingerprint density at radius 2 is 1.80 bits per heavy atom. The number of hydrogen-bond acceptors (Lipinski definition) is 12. The van der Waals surface area contributed by atoms with Crippen molar-refractivity contribution in [3.8, 4) is 5.75 Å². The summed E-state index contributed by atoms with van der Waals surface area (Å²) in [7, 11) is 1.67. The van der Waals surface area contributed by atoms with E-state index >= 15 is 0 Å². The van der Waals surface area contributed by atoms with Crippen LogP contribution in [0.25, 0.3) is 5.76 Å². The van der Waals surface area contributed by atoms with Crippen molar-refractivity contribution >= 4 is 40.0 Å². The van der Waals surface area contributed by atoms with Gasteiger partial charge in [0.05, 0.1) is 23.9 Å². The van der Waals surface area contributed by atoms with Crippen LogP contribution in [0, 0.1) is 11.8 Å². The molecular weight excluding hydrogens is 609 g/mol. The maximum Gasteiger partial charge on any atom is 1.00 e. The van der Waals surface area contributed by atoms with E-state index in [0.717, 1.165) is 0 Å². The minimum atomic E-state index is -2.88. The average Bonchev–Trinajstić information content (AvgIpc) is 2.90. The van der Waals surface area contributed by atoms with E-state index in [1.807, 2.05) is 0 Å². The van der Waals surface area contributed by atoms with Crippen LogP contribution >= 0.6 is 0 Å². The number of likely N-dealkylation sites (N-methyl/N-ethyl adjacent to an activating group) is 1. The normalized spacial score (nSPS) is 29.3. The Morgan fingerprint density at radius 1 is 1.16 bits per heavy atom. The first-order chi connectivity index (χ1) is 20.0. The Balaban J connectivity index is 0.00000529. The summed E-state index contributed by atoms with van der Waals surface area (Å²) in [4.78, 5) is 53.9. The molecule has 44 heavy (non-hydrogen) atoms. The first-order valence-corrected chi connectivity index (χ1v) is 15.1. The number of nitrogens with one attached hydrogen (secondary N) is 2. The summed E-state index contributed by atoms with van der Waals surface area (Å²) in [5.74, 6) is -9.51. The number of ketones is 2. The van der Waals surface area contributed by atoms with Crippen molar-refractivity contribution in [1.29, 1.82) is 0 Å².